The predicted octanol–water partition coefficient (Wildman–Crippen LogP) is 4.75. The molecule has 0 saturated carbocycles. The predicted molar refractivity (Wildman–Crippen MR) is 132 cm³/mol. The van der Waals surface area contributed by atoms with Crippen molar-refractivity contribution in [3.63, 3.8) is 0 Å². The van der Waals surface area contributed by atoms with Gasteiger partial charge in [0.05, 0.1) is 16.9 Å². The highest BCUT2D eigenvalue weighted by atomic mass is 16.1. The maximum atomic E-state index is 13.4. The number of amides is 1. The molecule has 0 spiro atoms. The number of aromatic nitrogens is 2. The Morgan fingerprint density at radius 1 is 1.18 bits per heavy atom. The standard InChI is InChI=1S/C26H29N5O2/c1-16-4-7-20(8-5-16)30-26-24-21(9-6-18(10-12-27-3)14-22(24)33)31-25(26)19-11-13-28-23(15-19)29-17(2)32/h4-5,7-8,10-11,13,15,27,30-31H,6,9,12,14H2,1-3H3,(H,28,29,32)/b18-10-. The largest absolute Gasteiger partial charge is 0.356 e. The number of Topliss-reactive ketones (excluding diaryl/α,β-unsaturated/α-hetero) is 1. The molecule has 33 heavy (non-hydrogen) atoms. The number of rotatable bonds is 6. The number of likely N-dealkylation sites (N-methyl/N-ethyl adjacent to an activating group) is 1. The van der Waals surface area contributed by atoms with E-state index in [-0.39, 0.29) is 11.7 Å². The number of hydrogen-bond acceptors (Lipinski definition) is 5. The van der Waals surface area contributed by atoms with Crippen LogP contribution in [0.2, 0.25) is 0 Å². The Morgan fingerprint density at radius 3 is 2.70 bits per heavy atom. The second-order valence-electron chi connectivity index (χ2n) is 8.35. The number of aromatic amines is 1. The van der Waals surface area contributed by atoms with E-state index in [0.29, 0.717) is 17.8 Å². The van der Waals surface area contributed by atoms with Gasteiger partial charge in [-0.2, -0.15) is 0 Å². The average molecular weight is 444 g/mol. The van der Waals surface area contributed by atoms with Gasteiger partial charge in [0, 0.05) is 43.0 Å². The Labute approximate surface area is 193 Å². The number of ketones is 1. The first-order valence-electron chi connectivity index (χ1n) is 11.1. The molecule has 0 fully saturated rings. The summed E-state index contributed by atoms with van der Waals surface area (Å²) in [6.45, 7) is 4.24. The number of anilines is 3. The number of fused-ring (bicyclic) bond motifs is 1. The van der Waals surface area contributed by atoms with E-state index < -0.39 is 0 Å². The van der Waals surface area contributed by atoms with E-state index in [0.717, 1.165) is 58.8 Å². The van der Waals surface area contributed by atoms with Gasteiger partial charge < -0.3 is 20.9 Å². The second kappa shape index (κ2) is 9.83. The maximum Gasteiger partial charge on any atom is 0.222 e. The third-order valence-electron chi connectivity index (χ3n) is 5.71. The molecule has 0 bridgehead atoms. The van der Waals surface area contributed by atoms with Crippen molar-refractivity contribution in [2.24, 2.45) is 0 Å². The Kier molecular flexibility index (Phi) is 6.70. The molecule has 4 N–H and O–H groups in total. The van der Waals surface area contributed by atoms with Gasteiger partial charge in [-0.15, -0.1) is 0 Å². The molecule has 7 nitrogen and oxygen atoms in total. The van der Waals surface area contributed by atoms with Crippen LogP contribution in [0.4, 0.5) is 17.2 Å². The molecule has 3 aromatic rings. The number of pyridine rings is 1. The van der Waals surface area contributed by atoms with Crippen LogP contribution in [0.15, 0.2) is 54.2 Å². The summed E-state index contributed by atoms with van der Waals surface area (Å²) in [6.07, 6.45) is 5.76. The van der Waals surface area contributed by atoms with E-state index in [4.69, 9.17) is 0 Å². The molecular weight excluding hydrogens is 414 g/mol. The van der Waals surface area contributed by atoms with Crippen LogP contribution in [0.25, 0.3) is 11.3 Å². The molecule has 1 amide bonds. The van der Waals surface area contributed by atoms with Crippen LogP contribution >= 0.6 is 0 Å². The molecule has 1 aliphatic carbocycles. The molecule has 1 aromatic carbocycles. The minimum absolute atomic E-state index is 0.0955. The van der Waals surface area contributed by atoms with Crippen molar-refractivity contribution < 1.29 is 9.59 Å². The van der Waals surface area contributed by atoms with Crippen LogP contribution in [0, 0.1) is 6.92 Å². The molecule has 170 valence electrons. The third-order valence-corrected chi connectivity index (χ3v) is 5.71. The molecule has 2 heterocycles. The minimum Gasteiger partial charge on any atom is -0.356 e. The van der Waals surface area contributed by atoms with Crippen molar-refractivity contribution in [1.82, 2.24) is 15.3 Å². The lowest BCUT2D eigenvalue weighted by Gasteiger charge is -2.12. The van der Waals surface area contributed by atoms with Crippen LogP contribution < -0.4 is 16.0 Å². The average Bonchev–Trinajstić information content (AvgIpc) is 3.06. The summed E-state index contributed by atoms with van der Waals surface area (Å²) in [7, 11) is 1.90. The van der Waals surface area contributed by atoms with Gasteiger partial charge in [0.2, 0.25) is 5.91 Å². The molecule has 0 saturated heterocycles. The van der Waals surface area contributed by atoms with Crippen LogP contribution in [0.5, 0.6) is 0 Å². The third kappa shape index (κ3) is 5.21. The Balaban J connectivity index is 1.79. The van der Waals surface area contributed by atoms with Crippen LogP contribution in [0.1, 0.15) is 41.4 Å². The van der Waals surface area contributed by atoms with E-state index in [1.54, 1.807) is 6.20 Å². The number of carbonyl (C=O) groups is 2. The molecule has 0 radical (unpaired) electrons. The van der Waals surface area contributed by atoms with Crippen molar-refractivity contribution in [2.45, 2.75) is 33.1 Å². The van der Waals surface area contributed by atoms with E-state index in [2.05, 4.69) is 32.0 Å². The van der Waals surface area contributed by atoms with Gasteiger partial charge in [-0.05, 0) is 51.1 Å². The Hall–Kier alpha value is -3.71. The van der Waals surface area contributed by atoms with Crippen molar-refractivity contribution in [3.05, 3.63) is 71.1 Å². The molecule has 1 aliphatic rings. The SMILES string of the molecule is CNC/C=C1/CCc2[nH]c(-c3ccnc(NC(C)=O)c3)c(Nc3ccc(C)cc3)c2C(=O)C1. The summed E-state index contributed by atoms with van der Waals surface area (Å²) in [5, 5.41) is 9.34. The van der Waals surface area contributed by atoms with Crippen LogP contribution in [-0.2, 0) is 11.2 Å². The van der Waals surface area contributed by atoms with Gasteiger partial charge >= 0.3 is 0 Å². The molecule has 0 atom stereocenters. The number of hydrogen-bond donors (Lipinski definition) is 4. The van der Waals surface area contributed by atoms with Crippen LogP contribution in [0.3, 0.4) is 0 Å². The van der Waals surface area contributed by atoms with E-state index in [1.807, 2.05) is 50.4 Å². The molecule has 0 unspecified atom stereocenters. The van der Waals surface area contributed by atoms with E-state index in [9.17, 15) is 9.59 Å². The fraction of sp³-hybridized carbons (Fsp3) is 0.269. The first-order valence-corrected chi connectivity index (χ1v) is 11.1. The molecule has 0 aliphatic heterocycles. The highest BCUT2D eigenvalue weighted by molar-refractivity contribution is 6.08. The zero-order valence-electron chi connectivity index (χ0n) is 19.2. The van der Waals surface area contributed by atoms with Gasteiger partial charge in [-0.1, -0.05) is 29.3 Å². The lowest BCUT2D eigenvalue weighted by molar-refractivity contribution is -0.114. The lowest BCUT2D eigenvalue weighted by Crippen LogP contribution is -2.07. The van der Waals surface area contributed by atoms with Gasteiger partial charge in [-0.25, -0.2) is 4.98 Å². The second-order valence-corrected chi connectivity index (χ2v) is 8.35. The summed E-state index contributed by atoms with van der Waals surface area (Å²) in [6, 6.07) is 11.8. The molecule has 2 aromatic heterocycles. The summed E-state index contributed by atoms with van der Waals surface area (Å²) in [5.74, 6) is 0.379. The summed E-state index contributed by atoms with van der Waals surface area (Å²) in [5.41, 5.74) is 7.26. The molecule has 7 heteroatoms. The minimum atomic E-state index is -0.184. The van der Waals surface area contributed by atoms with Crippen molar-refractivity contribution in [3.8, 4) is 11.3 Å². The van der Waals surface area contributed by atoms with Crippen molar-refractivity contribution >= 4 is 28.9 Å². The zero-order chi connectivity index (χ0) is 23.4. The van der Waals surface area contributed by atoms with Crippen molar-refractivity contribution in [1.29, 1.82) is 0 Å². The van der Waals surface area contributed by atoms with Gasteiger partial charge in [0.15, 0.2) is 5.78 Å². The molecule has 4 rings (SSSR count). The first-order chi connectivity index (χ1) is 15.9. The van der Waals surface area contributed by atoms with E-state index >= 15 is 0 Å². The number of allylic oxidation sites excluding steroid dienone is 1. The maximum absolute atomic E-state index is 13.4. The normalized spacial score (nSPS) is 14.6. The van der Waals surface area contributed by atoms with Crippen LogP contribution in [-0.4, -0.2) is 35.3 Å². The van der Waals surface area contributed by atoms with E-state index in [1.165, 1.54) is 6.92 Å². The summed E-state index contributed by atoms with van der Waals surface area (Å²) < 4.78 is 0. The van der Waals surface area contributed by atoms with Gasteiger partial charge in [0.25, 0.3) is 0 Å². The number of nitrogens with zero attached hydrogens (tertiary/aromatic N) is 1. The topological polar surface area (TPSA) is 98.9 Å². The summed E-state index contributed by atoms with van der Waals surface area (Å²) in [4.78, 5) is 32.7. The quantitative estimate of drug-likeness (QED) is 0.325. The fourth-order valence-electron chi connectivity index (χ4n) is 4.09. The molecular formula is C26H29N5O2. The number of nitrogens with one attached hydrogen (secondary N) is 4. The number of benzene rings is 1. The summed E-state index contributed by atoms with van der Waals surface area (Å²) >= 11 is 0. The number of H-pyrrole nitrogens is 1. The highest BCUT2D eigenvalue weighted by Crippen LogP contribution is 2.39. The van der Waals surface area contributed by atoms with Gasteiger partial charge in [-0.3, -0.25) is 9.59 Å². The Bertz CT molecular complexity index is 1210. The van der Waals surface area contributed by atoms with Gasteiger partial charge in [0.1, 0.15) is 5.82 Å². The zero-order valence-corrected chi connectivity index (χ0v) is 19.2. The highest BCUT2D eigenvalue weighted by Gasteiger charge is 2.27. The van der Waals surface area contributed by atoms with Crippen molar-refractivity contribution in [2.75, 3.05) is 24.2 Å². The monoisotopic (exact) mass is 443 g/mol. The number of carbonyl (C=O) groups excluding carboxylic acids is 2. The lowest BCUT2D eigenvalue weighted by atomic mass is 10.0. The smallest absolute Gasteiger partial charge is 0.222 e. The number of aryl methyl sites for hydroxylation is 2. The Morgan fingerprint density at radius 2 is 1.97 bits per heavy atom. The fourth-order valence-corrected chi connectivity index (χ4v) is 4.09. The first kappa shape index (κ1) is 22.5.